The number of aliphatic imine (C=N–C) groups is 1. The van der Waals surface area contributed by atoms with Crippen molar-refractivity contribution in [1.82, 2.24) is 0 Å². The molecule has 0 bridgehead atoms. The van der Waals surface area contributed by atoms with Crippen LogP contribution in [0.25, 0.3) is 0 Å². The number of anilines is 1. The van der Waals surface area contributed by atoms with Gasteiger partial charge in [0.15, 0.2) is 0 Å². The van der Waals surface area contributed by atoms with Crippen molar-refractivity contribution in [3.05, 3.63) is 54.1 Å². The highest BCUT2D eigenvalue weighted by atomic mass is 16.5. The second kappa shape index (κ2) is 7.12. The minimum Gasteiger partial charge on any atom is -0.494 e. The molecular formula is C19H22N2O. The van der Waals surface area contributed by atoms with Crippen LogP contribution in [-0.2, 0) is 0 Å². The number of benzene rings is 2. The largest absolute Gasteiger partial charge is 0.494 e. The molecule has 0 N–H and O–H groups in total. The summed E-state index contributed by atoms with van der Waals surface area (Å²) in [5, 5.41) is 0. The van der Waals surface area contributed by atoms with Gasteiger partial charge in [0.2, 0.25) is 0 Å². The monoisotopic (exact) mass is 294 g/mol. The third-order valence-corrected chi connectivity index (χ3v) is 3.86. The van der Waals surface area contributed by atoms with E-state index in [1.807, 2.05) is 37.4 Å². The first kappa shape index (κ1) is 14.6. The van der Waals surface area contributed by atoms with Crippen LogP contribution in [0.5, 0.6) is 5.75 Å². The van der Waals surface area contributed by atoms with Crippen LogP contribution in [0, 0.1) is 0 Å². The number of hydrogen-bond acceptors (Lipinski definition) is 3. The Morgan fingerprint density at radius 2 is 1.86 bits per heavy atom. The van der Waals surface area contributed by atoms with E-state index in [-0.39, 0.29) is 0 Å². The first-order chi connectivity index (χ1) is 10.8. The Morgan fingerprint density at radius 3 is 2.59 bits per heavy atom. The van der Waals surface area contributed by atoms with Gasteiger partial charge in [-0.1, -0.05) is 18.2 Å². The summed E-state index contributed by atoms with van der Waals surface area (Å²) in [5.41, 5.74) is 3.34. The van der Waals surface area contributed by atoms with Crippen LogP contribution < -0.4 is 9.64 Å². The molecule has 3 rings (SSSR count). The lowest BCUT2D eigenvalue weighted by Gasteiger charge is -2.17. The van der Waals surface area contributed by atoms with Crippen molar-refractivity contribution in [2.24, 2.45) is 4.99 Å². The molecule has 1 aliphatic heterocycles. The Labute approximate surface area is 132 Å². The average Bonchev–Trinajstić information content (AvgIpc) is 3.09. The fraction of sp³-hybridized carbons (Fsp3) is 0.316. The molecule has 114 valence electrons. The van der Waals surface area contributed by atoms with E-state index in [0.717, 1.165) is 17.0 Å². The first-order valence-corrected chi connectivity index (χ1v) is 7.97. The number of rotatable bonds is 5. The van der Waals surface area contributed by atoms with Crippen LogP contribution >= 0.6 is 0 Å². The van der Waals surface area contributed by atoms with Gasteiger partial charge >= 0.3 is 0 Å². The van der Waals surface area contributed by atoms with E-state index in [1.54, 1.807) is 0 Å². The van der Waals surface area contributed by atoms with Crippen LogP contribution in [-0.4, -0.2) is 25.9 Å². The fourth-order valence-corrected chi connectivity index (χ4v) is 2.72. The molecule has 3 nitrogen and oxygen atoms in total. The Morgan fingerprint density at radius 1 is 1.09 bits per heavy atom. The molecule has 0 amide bonds. The van der Waals surface area contributed by atoms with E-state index in [4.69, 9.17) is 4.74 Å². The molecule has 0 aromatic heterocycles. The fourth-order valence-electron chi connectivity index (χ4n) is 2.72. The Hall–Kier alpha value is -2.29. The maximum Gasteiger partial charge on any atom is 0.121 e. The van der Waals surface area contributed by atoms with E-state index in [9.17, 15) is 0 Å². The molecule has 22 heavy (non-hydrogen) atoms. The average molecular weight is 294 g/mol. The molecule has 0 spiro atoms. The summed E-state index contributed by atoms with van der Waals surface area (Å²) in [5.74, 6) is 0.863. The summed E-state index contributed by atoms with van der Waals surface area (Å²) in [7, 11) is 0. The van der Waals surface area contributed by atoms with Crippen LogP contribution in [0.3, 0.4) is 0 Å². The summed E-state index contributed by atoms with van der Waals surface area (Å²) in [6.07, 6.45) is 4.51. The highest BCUT2D eigenvalue weighted by Gasteiger charge is 2.11. The Balaban J connectivity index is 1.68. The van der Waals surface area contributed by atoms with Gasteiger partial charge < -0.3 is 9.64 Å². The first-order valence-electron chi connectivity index (χ1n) is 7.97. The molecule has 3 heteroatoms. The number of hydrogen-bond donors (Lipinski definition) is 0. The van der Waals surface area contributed by atoms with Gasteiger partial charge in [0.1, 0.15) is 5.75 Å². The van der Waals surface area contributed by atoms with Gasteiger partial charge in [-0.2, -0.15) is 0 Å². The van der Waals surface area contributed by atoms with Crippen molar-refractivity contribution in [1.29, 1.82) is 0 Å². The lowest BCUT2D eigenvalue weighted by molar-refractivity contribution is 0.340. The molecular weight excluding hydrogens is 272 g/mol. The lowest BCUT2D eigenvalue weighted by atomic mass is 10.2. The maximum atomic E-state index is 5.49. The zero-order chi connectivity index (χ0) is 15.2. The Kier molecular flexibility index (Phi) is 4.74. The van der Waals surface area contributed by atoms with Gasteiger partial charge in [0.25, 0.3) is 0 Å². The normalized spacial score (nSPS) is 14.7. The topological polar surface area (TPSA) is 24.8 Å². The van der Waals surface area contributed by atoms with Crippen LogP contribution in [0.2, 0.25) is 0 Å². The molecule has 1 heterocycles. The van der Waals surface area contributed by atoms with Crippen LogP contribution in [0.4, 0.5) is 11.4 Å². The van der Waals surface area contributed by atoms with Crippen molar-refractivity contribution in [2.45, 2.75) is 19.8 Å². The van der Waals surface area contributed by atoms with E-state index in [1.165, 1.54) is 31.6 Å². The minimum absolute atomic E-state index is 0.672. The third-order valence-electron chi connectivity index (χ3n) is 3.86. The van der Waals surface area contributed by atoms with Gasteiger partial charge in [-0.25, -0.2) is 0 Å². The number of nitrogens with zero attached hydrogens (tertiary/aromatic N) is 2. The van der Waals surface area contributed by atoms with Gasteiger partial charge in [-0.05, 0) is 49.6 Å². The maximum absolute atomic E-state index is 5.49. The second-order valence-electron chi connectivity index (χ2n) is 5.47. The molecule has 2 aromatic rings. The van der Waals surface area contributed by atoms with Gasteiger partial charge in [-0.15, -0.1) is 0 Å². The van der Waals surface area contributed by atoms with E-state index < -0.39 is 0 Å². The predicted octanol–water partition coefficient (Wildman–Crippen LogP) is 4.44. The molecule has 2 aromatic carbocycles. The van der Waals surface area contributed by atoms with Crippen molar-refractivity contribution < 1.29 is 4.74 Å². The molecule has 1 saturated heterocycles. The minimum atomic E-state index is 0.672. The predicted molar refractivity (Wildman–Crippen MR) is 92.8 cm³/mol. The highest BCUT2D eigenvalue weighted by Crippen LogP contribution is 2.21. The summed E-state index contributed by atoms with van der Waals surface area (Å²) >= 11 is 0. The molecule has 0 atom stereocenters. The van der Waals surface area contributed by atoms with Crippen molar-refractivity contribution in [3.8, 4) is 5.75 Å². The van der Waals surface area contributed by atoms with Gasteiger partial charge in [-0.3, -0.25) is 4.99 Å². The summed E-state index contributed by atoms with van der Waals surface area (Å²) in [6.45, 7) is 5.01. The number of ether oxygens (including phenoxy) is 1. The Bertz CT molecular complexity index is 628. The summed E-state index contributed by atoms with van der Waals surface area (Å²) in [6, 6.07) is 16.5. The standard InChI is InChI=1S/C19H22N2O/c1-2-22-19-7-5-6-17(14-19)20-15-16-8-10-18(11-9-16)21-12-3-4-13-21/h5-11,14-15H,2-4,12-13H2,1H3. The zero-order valence-corrected chi connectivity index (χ0v) is 13.0. The molecule has 1 aliphatic rings. The van der Waals surface area contributed by atoms with Gasteiger partial charge in [0.05, 0.1) is 12.3 Å². The van der Waals surface area contributed by atoms with Crippen molar-refractivity contribution in [3.63, 3.8) is 0 Å². The van der Waals surface area contributed by atoms with Crippen molar-refractivity contribution in [2.75, 3.05) is 24.6 Å². The lowest BCUT2D eigenvalue weighted by Crippen LogP contribution is -2.17. The quantitative estimate of drug-likeness (QED) is 0.762. The van der Waals surface area contributed by atoms with E-state index in [0.29, 0.717) is 6.61 Å². The summed E-state index contributed by atoms with van der Waals surface area (Å²) in [4.78, 5) is 6.96. The smallest absolute Gasteiger partial charge is 0.121 e. The van der Waals surface area contributed by atoms with Gasteiger partial charge in [0, 0.05) is 31.1 Å². The van der Waals surface area contributed by atoms with E-state index in [2.05, 4.69) is 34.2 Å². The third kappa shape index (κ3) is 3.67. The molecule has 1 fully saturated rings. The molecule has 0 unspecified atom stereocenters. The SMILES string of the molecule is CCOc1cccc(N=Cc2ccc(N3CCCC3)cc2)c1. The molecule has 0 aliphatic carbocycles. The second-order valence-corrected chi connectivity index (χ2v) is 5.47. The summed E-state index contributed by atoms with van der Waals surface area (Å²) < 4.78 is 5.49. The van der Waals surface area contributed by atoms with Crippen molar-refractivity contribution >= 4 is 17.6 Å². The zero-order valence-electron chi connectivity index (χ0n) is 13.0. The van der Waals surface area contributed by atoms with Crippen LogP contribution in [0.15, 0.2) is 53.5 Å². The molecule has 0 radical (unpaired) electrons. The molecule has 0 saturated carbocycles. The van der Waals surface area contributed by atoms with Crippen LogP contribution in [0.1, 0.15) is 25.3 Å². The highest BCUT2D eigenvalue weighted by molar-refractivity contribution is 5.82. The van der Waals surface area contributed by atoms with E-state index >= 15 is 0 Å².